The van der Waals surface area contributed by atoms with Crippen LogP contribution >= 0.6 is 11.3 Å². The molecule has 5 heteroatoms. The van der Waals surface area contributed by atoms with E-state index in [9.17, 15) is 0 Å². The molecule has 21 heavy (non-hydrogen) atoms. The van der Waals surface area contributed by atoms with Crippen LogP contribution in [0.4, 0.5) is 5.69 Å². The number of rotatable bonds is 4. The van der Waals surface area contributed by atoms with Crippen LogP contribution in [0.25, 0.3) is 0 Å². The molecule has 0 aliphatic heterocycles. The van der Waals surface area contributed by atoms with Gasteiger partial charge in [-0.2, -0.15) is 0 Å². The summed E-state index contributed by atoms with van der Waals surface area (Å²) in [6, 6.07) is 8.24. The van der Waals surface area contributed by atoms with Crippen LogP contribution in [0.5, 0.6) is 0 Å². The van der Waals surface area contributed by atoms with Crippen molar-refractivity contribution in [2.45, 2.75) is 40.2 Å². The SMILES string of the molecule is Cc1nc(CN=C(N)Nc2cccc(C(C)C)c2)sc1C. The summed E-state index contributed by atoms with van der Waals surface area (Å²) in [6.45, 7) is 8.94. The normalized spacial score (nSPS) is 12.0. The second kappa shape index (κ2) is 6.72. The summed E-state index contributed by atoms with van der Waals surface area (Å²) in [4.78, 5) is 10.0. The van der Waals surface area contributed by atoms with Gasteiger partial charge in [0.25, 0.3) is 0 Å². The van der Waals surface area contributed by atoms with Crippen molar-refractivity contribution >= 4 is 23.0 Å². The Hall–Kier alpha value is -1.88. The molecule has 0 aliphatic carbocycles. The topological polar surface area (TPSA) is 63.3 Å². The van der Waals surface area contributed by atoms with Crippen LogP contribution in [0.2, 0.25) is 0 Å². The molecule has 0 radical (unpaired) electrons. The maximum absolute atomic E-state index is 5.94. The van der Waals surface area contributed by atoms with Crippen molar-refractivity contribution in [3.05, 3.63) is 45.4 Å². The van der Waals surface area contributed by atoms with Crippen molar-refractivity contribution < 1.29 is 0 Å². The first-order valence-corrected chi connectivity index (χ1v) is 7.87. The Bertz CT molecular complexity index is 624. The molecule has 0 amide bonds. The fourth-order valence-corrected chi connectivity index (χ4v) is 2.78. The van der Waals surface area contributed by atoms with Gasteiger partial charge in [0.05, 0.1) is 12.2 Å². The molecule has 1 aromatic carbocycles. The van der Waals surface area contributed by atoms with E-state index in [2.05, 4.69) is 48.2 Å². The fourth-order valence-electron chi connectivity index (χ4n) is 1.92. The van der Waals surface area contributed by atoms with Gasteiger partial charge in [0.1, 0.15) is 5.01 Å². The number of hydrogen-bond acceptors (Lipinski definition) is 3. The number of nitrogens with two attached hydrogens (primary N) is 1. The van der Waals surface area contributed by atoms with Gasteiger partial charge in [-0.15, -0.1) is 11.3 Å². The highest BCUT2D eigenvalue weighted by molar-refractivity contribution is 7.11. The number of aliphatic imine (C=N–C) groups is 1. The summed E-state index contributed by atoms with van der Waals surface area (Å²) in [6.07, 6.45) is 0. The van der Waals surface area contributed by atoms with Crippen LogP contribution in [-0.4, -0.2) is 10.9 Å². The molecule has 3 N–H and O–H groups in total. The minimum Gasteiger partial charge on any atom is -0.370 e. The van der Waals surface area contributed by atoms with Crippen LogP contribution < -0.4 is 11.1 Å². The van der Waals surface area contributed by atoms with E-state index in [4.69, 9.17) is 5.73 Å². The number of thiazole rings is 1. The van der Waals surface area contributed by atoms with Gasteiger partial charge in [0.2, 0.25) is 0 Å². The minimum atomic E-state index is 0.418. The van der Waals surface area contributed by atoms with Crippen LogP contribution in [0.15, 0.2) is 29.3 Å². The molecule has 1 aromatic heterocycles. The summed E-state index contributed by atoms with van der Waals surface area (Å²) in [7, 11) is 0. The molecule has 0 aliphatic rings. The summed E-state index contributed by atoms with van der Waals surface area (Å²) in [5, 5.41) is 4.12. The highest BCUT2D eigenvalue weighted by Crippen LogP contribution is 2.19. The highest BCUT2D eigenvalue weighted by Gasteiger charge is 2.04. The lowest BCUT2D eigenvalue weighted by Gasteiger charge is -2.09. The lowest BCUT2D eigenvalue weighted by atomic mass is 10.0. The molecule has 0 atom stereocenters. The maximum atomic E-state index is 5.94. The molecule has 2 rings (SSSR count). The van der Waals surface area contributed by atoms with Crippen molar-refractivity contribution in [1.29, 1.82) is 0 Å². The van der Waals surface area contributed by atoms with Crippen molar-refractivity contribution in [3.8, 4) is 0 Å². The summed E-state index contributed by atoms with van der Waals surface area (Å²) < 4.78 is 0. The Morgan fingerprint density at radius 3 is 2.76 bits per heavy atom. The number of guanidine groups is 1. The number of hydrogen-bond donors (Lipinski definition) is 2. The lowest BCUT2D eigenvalue weighted by Crippen LogP contribution is -2.22. The zero-order valence-electron chi connectivity index (χ0n) is 13.0. The van der Waals surface area contributed by atoms with Gasteiger partial charge in [-0.25, -0.2) is 9.98 Å². The standard InChI is InChI=1S/C16H22N4S/c1-10(2)13-6-5-7-14(8-13)20-16(17)18-9-15-19-11(3)12(4)21-15/h5-8,10H,9H2,1-4H3,(H3,17,18,20). The largest absolute Gasteiger partial charge is 0.370 e. The van der Waals surface area contributed by atoms with Gasteiger partial charge in [0.15, 0.2) is 5.96 Å². The van der Waals surface area contributed by atoms with E-state index >= 15 is 0 Å². The molecule has 1 heterocycles. The molecule has 4 nitrogen and oxygen atoms in total. The predicted molar refractivity (Wildman–Crippen MR) is 91.1 cm³/mol. The molecule has 0 fully saturated rings. The smallest absolute Gasteiger partial charge is 0.193 e. The number of nitrogens with one attached hydrogen (secondary N) is 1. The van der Waals surface area contributed by atoms with Crippen LogP contribution in [0.1, 0.15) is 40.9 Å². The second-order valence-corrected chi connectivity index (χ2v) is 6.64. The minimum absolute atomic E-state index is 0.418. The monoisotopic (exact) mass is 302 g/mol. The zero-order valence-corrected chi connectivity index (χ0v) is 13.8. The number of aromatic nitrogens is 1. The zero-order chi connectivity index (χ0) is 15.4. The summed E-state index contributed by atoms with van der Waals surface area (Å²) in [5.74, 6) is 0.910. The molecule has 0 unspecified atom stereocenters. The quantitative estimate of drug-likeness (QED) is 0.667. The summed E-state index contributed by atoms with van der Waals surface area (Å²) >= 11 is 1.67. The molecule has 0 bridgehead atoms. The van der Waals surface area contributed by atoms with Crippen molar-refractivity contribution in [2.24, 2.45) is 10.7 Å². The number of aryl methyl sites for hydroxylation is 2. The van der Waals surface area contributed by atoms with Gasteiger partial charge >= 0.3 is 0 Å². The first-order valence-electron chi connectivity index (χ1n) is 7.05. The number of nitrogens with zero attached hydrogens (tertiary/aromatic N) is 2. The van der Waals surface area contributed by atoms with Gasteiger partial charge in [-0.3, -0.25) is 0 Å². The average Bonchev–Trinajstić information content (AvgIpc) is 2.76. The maximum Gasteiger partial charge on any atom is 0.193 e. The molecule has 0 saturated carbocycles. The molecular weight excluding hydrogens is 280 g/mol. The van der Waals surface area contributed by atoms with Gasteiger partial charge in [-0.1, -0.05) is 26.0 Å². The number of anilines is 1. The lowest BCUT2D eigenvalue weighted by molar-refractivity contribution is 0.867. The first-order chi connectivity index (χ1) is 9.95. The third-order valence-corrected chi connectivity index (χ3v) is 4.34. The third kappa shape index (κ3) is 4.29. The third-order valence-electron chi connectivity index (χ3n) is 3.28. The van der Waals surface area contributed by atoms with E-state index in [0.29, 0.717) is 18.4 Å². The Balaban J connectivity index is 2.01. The van der Waals surface area contributed by atoms with Crippen LogP contribution in [0, 0.1) is 13.8 Å². The van der Waals surface area contributed by atoms with E-state index in [1.165, 1.54) is 10.4 Å². The van der Waals surface area contributed by atoms with E-state index in [-0.39, 0.29) is 0 Å². The van der Waals surface area contributed by atoms with Crippen molar-refractivity contribution in [2.75, 3.05) is 5.32 Å². The van der Waals surface area contributed by atoms with E-state index in [1.807, 2.05) is 19.1 Å². The van der Waals surface area contributed by atoms with Gasteiger partial charge in [0, 0.05) is 10.6 Å². The molecule has 2 aromatic rings. The second-order valence-electron chi connectivity index (χ2n) is 5.36. The molecule has 112 valence electrons. The van der Waals surface area contributed by atoms with Crippen LogP contribution in [-0.2, 0) is 6.54 Å². The Kier molecular flexibility index (Phi) is 4.96. The highest BCUT2D eigenvalue weighted by atomic mass is 32.1. The van der Waals surface area contributed by atoms with Gasteiger partial charge < -0.3 is 11.1 Å². The Morgan fingerprint density at radius 1 is 1.38 bits per heavy atom. The molecule has 0 saturated heterocycles. The molecule has 0 spiro atoms. The predicted octanol–water partition coefficient (Wildman–Crippen LogP) is 3.81. The van der Waals surface area contributed by atoms with E-state index in [0.717, 1.165) is 16.4 Å². The van der Waals surface area contributed by atoms with Crippen molar-refractivity contribution in [1.82, 2.24) is 4.98 Å². The Morgan fingerprint density at radius 2 is 2.14 bits per heavy atom. The van der Waals surface area contributed by atoms with E-state index < -0.39 is 0 Å². The van der Waals surface area contributed by atoms with E-state index in [1.54, 1.807) is 11.3 Å². The van der Waals surface area contributed by atoms with Crippen molar-refractivity contribution in [3.63, 3.8) is 0 Å². The fraction of sp³-hybridized carbons (Fsp3) is 0.375. The average molecular weight is 302 g/mol. The van der Waals surface area contributed by atoms with Gasteiger partial charge in [-0.05, 0) is 37.5 Å². The molecular formula is C16H22N4S. The Labute approximate surface area is 130 Å². The first kappa shape index (κ1) is 15.5. The van der Waals surface area contributed by atoms with Crippen LogP contribution in [0.3, 0.4) is 0 Å². The number of benzene rings is 1. The summed E-state index contributed by atoms with van der Waals surface area (Å²) in [5.41, 5.74) is 9.25.